The van der Waals surface area contributed by atoms with Crippen molar-refractivity contribution < 1.29 is 9.53 Å². The van der Waals surface area contributed by atoms with Crippen LogP contribution >= 0.6 is 23.5 Å². The van der Waals surface area contributed by atoms with Gasteiger partial charge in [-0.1, -0.05) is 11.6 Å². The van der Waals surface area contributed by atoms with Gasteiger partial charge in [0, 0.05) is 30.2 Å². The van der Waals surface area contributed by atoms with Crippen LogP contribution in [0.2, 0.25) is 5.02 Å². The van der Waals surface area contributed by atoms with E-state index in [9.17, 15) is 4.79 Å². The van der Waals surface area contributed by atoms with Gasteiger partial charge in [0.2, 0.25) is 0 Å². The maximum atomic E-state index is 11.0. The Kier molecular flexibility index (Phi) is 3.58. The van der Waals surface area contributed by atoms with Crippen molar-refractivity contribution in [3.63, 3.8) is 0 Å². The Hall–Kier alpha value is -1.66. The van der Waals surface area contributed by atoms with Crippen molar-refractivity contribution in [3.8, 4) is 5.75 Å². The first-order chi connectivity index (χ1) is 9.65. The van der Waals surface area contributed by atoms with Crippen molar-refractivity contribution in [3.05, 3.63) is 35.7 Å². The van der Waals surface area contributed by atoms with Gasteiger partial charge in [-0.2, -0.15) is 0 Å². The van der Waals surface area contributed by atoms with Gasteiger partial charge >= 0.3 is 0 Å². The summed E-state index contributed by atoms with van der Waals surface area (Å²) in [7, 11) is 1.91. The molecule has 0 radical (unpaired) electrons. The van der Waals surface area contributed by atoms with Crippen LogP contribution in [0.1, 0.15) is 0 Å². The molecule has 104 valence electrons. The third-order valence-electron chi connectivity index (χ3n) is 2.85. The topological polar surface area (TPSA) is 47.4 Å². The Morgan fingerprint density at radius 1 is 1.55 bits per heavy atom. The third-order valence-corrected chi connectivity index (χ3v) is 4.05. The van der Waals surface area contributed by atoms with Crippen LogP contribution < -0.4 is 9.04 Å². The number of aryl methyl sites for hydroxylation is 1. The molecule has 1 unspecified atom stereocenters. The van der Waals surface area contributed by atoms with Gasteiger partial charge in [-0.3, -0.25) is 4.79 Å². The van der Waals surface area contributed by atoms with Crippen LogP contribution in [0.3, 0.4) is 0 Å². The summed E-state index contributed by atoms with van der Waals surface area (Å²) in [5.74, 6) is 0.654. The van der Waals surface area contributed by atoms with E-state index in [1.807, 2.05) is 28.2 Å². The molecule has 1 aliphatic heterocycles. The Balaban J connectivity index is 1.93. The molecule has 1 aromatic heterocycles. The molecule has 1 aromatic carbocycles. The van der Waals surface area contributed by atoms with Crippen LogP contribution in [0.25, 0.3) is 0 Å². The van der Waals surface area contributed by atoms with Crippen molar-refractivity contribution in [1.82, 2.24) is 9.55 Å². The van der Waals surface area contributed by atoms with E-state index in [4.69, 9.17) is 16.3 Å². The fraction of sp³-hybridized carbons (Fsp3) is 0.231. The van der Waals surface area contributed by atoms with E-state index in [-0.39, 0.29) is 0 Å². The highest BCUT2D eigenvalue weighted by molar-refractivity contribution is 8.00. The number of hydrogen-bond acceptors (Lipinski definition) is 5. The number of aromatic nitrogens is 2. The molecule has 20 heavy (non-hydrogen) atoms. The van der Waals surface area contributed by atoms with Crippen LogP contribution in [0.15, 0.2) is 35.7 Å². The van der Waals surface area contributed by atoms with E-state index in [1.54, 1.807) is 18.5 Å². The Bertz CT molecular complexity index is 646. The summed E-state index contributed by atoms with van der Waals surface area (Å²) in [6.07, 6.45) is 3.97. The molecule has 1 atom stereocenters. The second-order valence-corrected chi connectivity index (χ2v) is 5.91. The van der Waals surface area contributed by atoms with Gasteiger partial charge in [-0.25, -0.2) is 4.98 Å². The average Bonchev–Trinajstić information content (AvgIpc) is 2.84. The lowest BCUT2D eigenvalue weighted by Crippen LogP contribution is -2.37. The highest BCUT2D eigenvalue weighted by atomic mass is 35.5. The summed E-state index contributed by atoms with van der Waals surface area (Å²) in [5.41, 5.74) is 0.853. The molecule has 0 saturated heterocycles. The summed E-state index contributed by atoms with van der Waals surface area (Å²) >= 11 is 7.50. The molecule has 0 amide bonds. The second kappa shape index (κ2) is 5.38. The van der Waals surface area contributed by atoms with Crippen molar-refractivity contribution >= 4 is 35.5 Å². The van der Waals surface area contributed by atoms with E-state index < -0.39 is 6.10 Å². The molecular formula is C13H12ClN3O2S. The molecular weight excluding hydrogens is 298 g/mol. The number of carbonyl (C=O) groups is 1. The molecule has 0 fully saturated rings. The first-order valence-corrected chi connectivity index (χ1v) is 7.16. The standard InChI is InChI=1S/C13H12ClN3O2S/c1-16-6-13(15-8-16)20-17-5-10(7-18)19-12-3-2-9(14)4-11(12)17/h2-4,6-8,10H,5H2,1H3. The largest absolute Gasteiger partial charge is 0.479 e. The first-order valence-electron chi connectivity index (χ1n) is 6.00. The monoisotopic (exact) mass is 309 g/mol. The lowest BCUT2D eigenvalue weighted by Gasteiger charge is -2.32. The molecule has 0 bridgehead atoms. The quantitative estimate of drug-likeness (QED) is 0.644. The summed E-state index contributed by atoms with van der Waals surface area (Å²) in [4.78, 5) is 15.3. The Labute approximate surface area is 125 Å². The summed E-state index contributed by atoms with van der Waals surface area (Å²) in [5, 5.41) is 1.48. The SMILES string of the molecule is Cn1cnc(SN2CC(C=O)Oc3ccc(Cl)cc32)c1. The maximum Gasteiger partial charge on any atom is 0.172 e. The highest BCUT2D eigenvalue weighted by Gasteiger charge is 2.27. The Morgan fingerprint density at radius 3 is 3.10 bits per heavy atom. The number of ether oxygens (including phenoxy) is 1. The highest BCUT2D eigenvalue weighted by Crippen LogP contribution is 2.40. The van der Waals surface area contributed by atoms with Gasteiger partial charge < -0.3 is 13.6 Å². The normalized spacial score (nSPS) is 17.5. The maximum absolute atomic E-state index is 11.0. The lowest BCUT2D eigenvalue weighted by atomic mass is 10.2. The number of aldehydes is 1. The molecule has 0 saturated carbocycles. The minimum absolute atomic E-state index is 0.456. The van der Waals surface area contributed by atoms with Crippen LogP contribution in [-0.4, -0.2) is 28.5 Å². The molecule has 2 aromatic rings. The summed E-state index contributed by atoms with van der Waals surface area (Å²) in [6.45, 7) is 0.456. The van der Waals surface area contributed by atoms with Crippen LogP contribution in [0, 0.1) is 0 Å². The van der Waals surface area contributed by atoms with Crippen molar-refractivity contribution in [1.29, 1.82) is 0 Å². The zero-order valence-electron chi connectivity index (χ0n) is 10.7. The van der Waals surface area contributed by atoms with Crippen LogP contribution in [0.5, 0.6) is 5.75 Å². The van der Waals surface area contributed by atoms with Crippen molar-refractivity contribution in [2.45, 2.75) is 11.1 Å². The number of benzene rings is 1. The van der Waals surface area contributed by atoms with E-state index in [1.165, 1.54) is 11.9 Å². The number of anilines is 1. The predicted octanol–water partition coefficient (Wildman–Crippen LogP) is 2.55. The average molecular weight is 310 g/mol. The van der Waals surface area contributed by atoms with Gasteiger partial charge in [0.25, 0.3) is 0 Å². The predicted molar refractivity (Wildman–Crippen MR) is 78.3 cm³/mol. The van der Waals surface area contributed by atoms with Crippen LogP contribution in [-0.2, 0) is 11.8 Å². The molecule has 3 rings (SSSR count). The molecule has 5 nitrogen and oxygen atoms in total. The number of imidazole rings is 1. The minimum Gasteiger partial charge on any atom is -0.479 e. The minimum atomic E-state index is -0.486. The number of rotatable bonds is 3. The number of carbonyl (C=O) groups excluding carboxylic acids is 1. The van der Waals surface area contributed by atoms with Gasteiger partial charge in [-0.05, 0) is 18.2 Å². The Morgan fingerprint density at radius 2 is 2.40 bits per heavy atom. The molecule has 2 heterocycles. The number of fused-ring (bicyclic) bond motifs is 1. The fourth-order valence-electron chi connectivity index (χ4n) is 1.95. The number of nitrogens with zero attached hydrogens (tertiary/aromatic N) is 3. The lowest BCUT2D eigenvalue weighted by molar-refractivity contribution is -0.113. The number of hydrogen-bond donors (Lipinski definition) is 0. The van der Waals surface area contributed by atoms with E-state index >= 15 is 0 Å². The molecule has 0 aliphatic carbocycles. The van der Waals surface area contributed by atoms with Gasteiger partial charge in [0.15, 0.2) is 12.4 Å². The van der Waals surface area contributed by atoms with Gasteiger partial charge in [0.1, 0.15) is 10.8 Å². The fourth-order valence-corrected chi connectivity index (χ4v) is 3.12. The van der Waals surface area contributed by atoms with Crippen LogP contribution in [0.4, 0.5) is 5.69 Å². The zero-order chi connectivity index (χ0) is 14.1. The smallest absolute Gasteiger partial charge is 0.172 e. The van der Waals surface area contributed by atoms with Crippen molar-refractivity contribution in [2.75, 3.05) is 10.8 Å². The first kappa shape index (κ1) is 13.3. The molecule has 1 aliphatic rings. The second-order valence-electron chi connectivity index (χ2n) is 4.43. The third kappa shape index (κ3) is 2.62. The van der Waals surface area contributed by atoms with Crippen molar-refractivity contribution in [2.24, 2.45) is 7.05 Å². The molecule has 0 N–H and O–H groups in total. The van der Waals surface area contributed by atoms with E-state index in [2.05, 4.69) is 4.98 Å². The van der Waals surface area contributed by atoms with E-state index in [0.29, 0.717) is 17.3 Å². The zero-order valence-corrected chi connectivity index (χ0v) is 12.3. The number of halogens is 1. The summed E-state index contributed by atoms with van der Waals surface area (Å²) in [6, 6.07) is 5.35. The van der Waals surface area contributed by atoms with Gasteiger partial charge in [0.05, 0.1) is 18.6 Å². The molecule has 7 heteroatoms. The summed E-state index contributed by atoms with van der Waals surface area (Å²) < 4.78 is 9.45. The molecule has 0 spiro atoms. The van der Waals surface area contributed by atoms with Gasteiger partial charge in [-0.15, -0.1) is 0 Å². The van der Waals surface area contributed by atoms with E-state index in [0.717, 1.165) is 17.0 Å².